The van der Waals surface area contributed by atoms with Gasteiger partial charge < -0.3 is 4.74 Å². The van der Waals surface area contributed by atoms with Crippen LogP contribution in [-0.2, 0) is 9.53 Å². The number of thioether (sulfide) groups is 1. The van der Waals surface area contributed by atoms with E-state index in [2.05, 4.69) is 16.9 Å². The van der Waals surface area contributed by atoms with E-state index < -0.39 is 0 Å². The van der Waals surface area contributed by atoms with Crippen LogP contribution >= 0.6 is 11.8 Å². The van der Waals surface area contributed by atoms with Gasteiger partial charge in [-0.05, 0) is 18.6 Å². The van der Waals surface area contributed by atoms with Crippen molar-refractivity contribution in [1.29, 1.82) is 0 Å². The Kier molecular flexibility index (Phi) is 5.63. The van der Waals surface area contributed by atoms with Gasteiger partial charge in [0.05, 0.1) is 7.11 Å². The van der Waals surface area contributed by atoms with Crippen LogP contribution in [0.1, 0.15) is 6.42 Å². The molecule has 1 rings (SSSR count). The third-order valence-corrected chi connectivity index (χ3v) is 2.80. The van der Waals surface area contributed by atoms with Crippen LogP contribution in [0.15, 0.2) is 47.4 Å². The number of hydrogen-bond acceptors (Lipinski definition) is 3. The van der Waals surface area contributed by atoms with Crippen molar-refractivity contribution in [3.63, 3.8) is 0 Å². The first-order valence-corrected chi connectivity index (χ1v) is 5.74. The highest BCUT2D eigenvalue weighted by molar-refractivity contribution is 7.99. The molecule has 0 bridgehead atoms. The van der Waals surface area contributed by atoms with Crippen molar-refractivity contribution in [2.75, 3.05) is 12.9 Å². The van der Waals surface area contributed by atoms with E-state index >= 15 is 0 Å². The van der Waals surface area contributed by atoms with Gasteiger partial charge in [-0.1, -0.05) is 24.3 Å². The van der Waals surface area contributed by atoms with Crippen LogP contribution in [0.5, 0.6) is 0 Å². The molecule has 0 N–H and O–H groups in total. The predicted octanol–water partition coefficient (Wildman–Crippen LogP) is 2.90. The highest BCUT2D eigenvalue weighted by Crippen LogP contribution is 2.17. The average Bonchev–Trinajstić information content (AvgIpc) is 2.29. The first-order chi connectivity index (χ1) is 7.33. The molecule has 0 spiro atoms. The molecule has 0 fully saturated rings. The highest BCUT2D eigenvalue weighted by Gasteiger charge is 1.92. The van der Waals surface area contributed by atoms with Gasteiger partial charge in [-0.2, -0.15) is 0 Å². The number of carbonyl (C=O) groups excluding carboxylic acids is 1. The number of esters is 1. The molecule has 1 aromatic rings. The molecule has 1 aromatic carbocycles. The lowest BCUT2D eigenvalue weighted by Gasteiger charge is -1.97. The molecule has 0 saturated carbocycles. The fourth-order valence-electron chi connectivity index (χ4n) is 1.01. The van der Waals surface area contributed by atoms with Gasteiger partial charge in [0, 0.05) is 16.7 Å². The fourth-order valence-corrected chi connectivity index (χ4v) is 1.85. The lowest BCUT2D eigenvalue weighted by Crippen LogP contribution is -1.93. The quantitative estimate of drug-likeness (QED) is 0.331. The summed E-state index contributed by atoms with van der Waals surface area (Å²) in [6.45, 7) is 0. The monoisotopic (exact) mass is 222 g/mol. The Morgan fingerprint density at radius 2 is 2.13 bits per heavy atom. The standard InChI is InChI=1S/C12H14O2S/c1-14-12(13)9-5-6-10-15-11-7-3-2-4-8-11/h2-5,7-9H,6,10H2,1H3/b9-5+. The van der Waals surface area contributed by atoms with Crippen LogP contribution in [0.4, 0.5) is 0 Å². The smallest absolute Gasteiger partial charge is 0.330 e. The van der Waals surface area contributed by atoms with Crippen molar-refractivity contribution in [1.82, 2.24) is 0 Å². The molecule has 0 aliphatic rings. The summed E-state index contributed by atoms with van der Waals surface area (Å²) in [7, 11) is 1.38. The second-order valence-corrected chi connectivity index (χ2v) is 4.04. The summed E-state index contributed by atoms with van der Waals surface area (Å²) >= 11 is 1.78. The van der Waals surface area contributed by atoms with Gasteiger partial charge in [0.25, 0.3) is 0 Å². The molecule has 0 heterocycles. The molecule has 0 aliphatic carbocycles. The number of rotatable bonds is 5. The second kappa shape index (κ2) is 7.12. The summed E-state index contributed by atoms with van der Waals surface area (Å²) in [6, 6.07) is 10.2. The highest BCUT2D eigenvalue weighted by atomic mass is 32.2. The molecule has 0 radical (unpaired) electrons. The maximum absolute atomic E-state index is 10.7. The maximum Gasteiger partial charge on any atom is 0.330 e. The minimum atomic E-state index is -0.292. The molecule has 0 amide bonds. The van der Waals surface area contributed by atoms with Gasteiger partial charge in [-0.15, -0.1) is 11.8 Å². The molecule has 80 valence electrons. The zero-order chi connectivity index (χ0) is 10.9. The summed E-state index contributed by atoms with van der Waals surface area (Å²) in [5, 5.41) is 0. The van der Waals surface area contributed by atoms with Gasteiger partial charge in [0.2, 0.25) is 0 Å². The lowest BCUT2D eigenvalue weighted by atomic mass is 10.4. The molecule has 0 aliphatic heterocycles. The van der Waals surface area contributed by atoms with E-state index in [1.165, 1.54) is 18.1 Å². The van der Waals surface area contributed by atoms with E-state index in [0.29, 0.717) is 0 Å². The number of methoxy groups -OCH3 is 1. The van der Waals surface area contributed by atoms with Crippen molar-refractivity contribution in [3.8, 4) is 0 Å². The normalized spacial score (nSPS) is 10.5. The number of hydrogen-bond donors (Lipinski definition) is 0. The number of ether oxygens (including phenoxy) is 1. The summed E-state index contributed by atoms with van der Waals surface area (Å²) in [6.07, 6.45) is 4.17. The van der Waals surface area contributed by atoms with E-state index in [1.807, 2.05) is 24.3 Å². The van der Waals surface area contributed by atoms with Gasteiger partial charge in [0.1, 0.15) is 0 Å². The predicted molar refractivity (Wildman–Crippen MR) is 62.9 cm³/mol. The Hall–Kier alpha value is -1.22. The van der Waals surface area contributed by atoms with E-state index in [9.17, 15) is 4.79 Å². The van der Waals surface area contributed by atoms with Crippen molar-refractivity contribution in [2.24, 2.45) is 0 Å². The van der Waals surface area contributed by atoms with Crippen molar-refractivity contribution < 1.29 is 9.53 Å². The third kappa shape index (κ3) is 5.27. The third-order valence-electron chi connectivity index (χ3n) is 1.75. The second-order valence-electron chi connectivity index (χ2n) is 2.88. The Morgan fingerprint density at radius 1 is 1.40 bits per heavy atom. The fraction of sp³-hybridized carbons (Fsp3) is 0.250. The summed E-state index contributed by atoms with van der Waals surface area (Å²) < 4.78 is 4.48. The van der Waals surface area contributed by atoms with E-state index in [1.54, 1.807) is 11.8 Å². The van der Waals surface area contributed by atoms with E-state index in [4.69, 9.17) is 0 Å². The lowest BCUT2D eigenvalue weighted by molar-refractivity contribution is -0.134. The molecule has 0 saturated heterocycles. The summed E-state index contributed by atoms with van der Waals surface area (Å²) in [4.78, 5) is 12.0. The minimum absolute atomic E-state index is 0.292. The van der Waals surface area contributed by atoms with Crippen molar-refractivity contribution >= 4 is 17.7 Å². The number of benzene rings is 1. The molecule has 2 nitrogen and oxygen atoms in total. The average molecular weight is 222 g/mol. The zero-order valence-electron chi connectivity index (χ0n) is 8.68. The topological polar surface area (TPSA) is 26.3 Å². The molecular weight excluding hydrogens is 208 g/mol. The van der Waals surface area contributed by atoms with Crippen molar-refractivity contribution in [2.45, 2.75) is 11.3 Å². The van der Waals surface area contributed by atoms with Crippen LogP contribution in [0.2, 0.25) is 0 Å². The Balaban J connectivity index is 2.17. The minimum Gasteiger partial charge on any atom is -0.466 e. The SMILES string of the molecule is COC(=O)/C=C/CCSc1ccccc1. The van der Waals surface area contributed by atoms with E-state index in [0.717, 1.165) is 12.2 Å². The summed E-state index contributed by atoms with van der Waals surface area (Å²) in [5.74, 6) is 0.678. The molecule has 15 heavy (non-hydrogen) atoms. The Morgan fingerprint density at radius 3 is 2.80 bits per heavy atom. The first kappa shape index (κ1) is 11.9. The van der Waals surface area contributed by atoms with Crippen LogP contribution in [0.3, 0.4) is 0 Å². The largest absolute Gasteiger partial charge is 0.466 e. The van der Waals surface area contributed by atoms with E-state index in [-0.39, 0.29) is 5.97 Å². The Labute approximate surface area is 94.3 Å². The van der Waals surface area contributed by atoms with Crippen molar-refractivity contribution in [3.05, 3.63) is 42.5 Å². The molecule has 0 atom stereocenters. The molecule has 3 heteroatoms. The number of allylic oxidation sites excluding steroid dienone is 1. The molecular formula is C12H14O2S. The first-order valence-electron chi connectivity index (χ1n) is 4.75. The van der Waals surface area contributed by atoms with Gasteiger partial charge in [-0.3, -0.25) is 0 Å². The zero-order valence-corrected chi connectivity index (χ0v) is 9.50. The van der Waals surface area contributed by atoms with Crippen LogP contribution in [-0.4, -0.2) is 18.8 Å². The Bertz CT molecular complexity index is 320. The molecule has 0 aromatic heterocycles. The summed E-state index contributed by atoms with van der Waals surface area (Å²) in [5.41, 5.74) is 0. The van der Waals surface area contributed by atoms with Gasteiger partial charge in [0.15, 0.2) is 0 Å². The van der Waals surface area contributed by atoms with Gasteiger partial charge in [-0.25, -0.2) is 4.79 Å². The van der Waals surface area contributed by atoms with Crippen LogP contribution in [0, 0.1) is 0 Å². The maximum atomic E-state index is 10.7. The number of carbonyl (C=O) groups is 1. The van der Waals surface area contributed by atoms with Gasteiger partial charge >= 0.3 is 5.97 Å². The molecule has 0 unspecified atom stereocenters. The van der Waals surface area contributed by atoms with Crippen LogP contribution in [0.25, 0.3) is 0 Å². The van der Waals surface area contributed by atoms with Crippen LogP contribution < -0.4 is 0 Å².